The van der Waals surface area contributed by atoms with Crippen molar-refractivity contribution in [3.05, 3.63) is 83.7 Å². The van der Waals surface area contributed by atoms with E-state index < -0.39 is 11.4 Å². The molecule has 1 N–H and O–H groups in total. The molecule has 0 fully saturated rings. The normalized spacial score (nSPS) is 17.2. The highest BCUT2D eigenvalue weighted by Gasteiger charge is 2.41. The first kappa shape index (κ1) is 21.2. The number of rotatable bonds is 7. The second-order valence-electron chi connectivity index (χ2n) is 7.01. The first-order chi connectivity index (χ1) is 15.6. The second-order valence-corrected chi connectivity index (χ2v) is 7.01. The van der Waals surface area contributed by atoms with Gasteiger partial charge >= 0.3 is 12.5 Å². The maximum atomic E-state index is 14.9. The van der Waals surface area contributed by atoms with Crippen molar-refractivity contribution in [1.29, 1.82) is 0 Å². The van der Waals surface area contributed by atoms with Crippen molar-refractivity contribution in [2.45, 2.75) is 5.54 Å². The number of carbonyl (C=O) groups is 1. The molecule has 7 nitrogen and oxygen atoms in total. The van der Waals surface area contributed by atoms with Gasteiger partial charge in [0, 0.05) is 5.56 Å². The third kappa shape index (κ3) is 3.82. The number of benzene rings is 3. The van der Waals surface area contributed by atoms with Crippen molar-refractivity contribution < 1.29 is 28.2 Å². The number of nitrogens with zero attached hydrogens (tertiary/aromatic N) is 1. The molecule has 3 aromatic carbocycles. The zero-order valence-corrected chi connectivity index (χ0v) is 17.5. The van der Waals surface area contributed by atoms with Crippen molar-refractivity contribution in [1.82, 2.24) is 5.48 Å². The number of hydrogen-bond donors (Lipinski definition) is 1. The molecule has 1 heterocycles. The van der Waals surface area contributed by atoms with E-state index in [4.69, 9.17) is 14.2 Å². The lowest BCUT2D eigenvalue weighted by Gasteiger charge is -2.26. The Morgan fingerprint density at radius 3 is 2.53 bits per heavy atom. The van der Waals surface area contributed by atoms with E-state index in [-0.39, 0.29) is 24.9 Å². The Kier molecular flexibility index (Phi) is 5.93. The van der Waals surface area contributed by atoms with E-state index in [1.165, 1.54) is 7.11 Å². The van der Waals surface area contributed by atoms with Crippen LogP contribution in [-0.4, -0.2) is 33.3 Å². The lowest BCUT2D eigenvalue weighted by molar-refractivity contribution is -0.132. The van der Waals surface area contributed by atoms with Gasteiger partial charge in [-0.05, 0) is 41.0 Å². The summed E-state index contributed by atoms with van der Waals surface area (Å²) in [5, 5.41) is 0. The highest BCUT2D eigenvalue weighted by atomic mass is 19.1. The number of methoxy groups -OCH3 is 2. The van der Waals surface area contributed by atoms with Crippen molar-refractivity contribution in [3.8, 4) is 22.6 Å². The summed E-state index contributed by atoms with van der Waals surface area (Å²) in [6, 6.07) is 19.9. The molecule has 0 amide bonds. The summed E-state index contributed by atoms with van der Waals surface area (Å²) in [4.78, 5) is 19.8. The molecule has 1 atom stereocenters. The largest absolute Gasteiger partial charge is 0.497 e. The fourth-order valence-corrected chi connectivity index (χ4v) is 3.70. The Morgan fingerprint density at radius 1 is 1.03 bits per heavy atom. The van der Waals surface area contributed by atoms with Crippen LogP contribution in [0.25, 0.3) is 11.1 Å². The van der Waals surface area contributed by atoms with Gasteiger partial charge in [-0.1, -0.05) is 42.5 Å². The highest BCUT2D eigenvalue weighted by molar-refractivity contribution is 5.77. The topological polar surface area (TPSA) is 78.4 Å². The Labute approximate surface area is 184 Å². The summed E-state index contributed by atoms with van der Waals surface area (Å²) in [5.74, 6) is 0.415. The second kappa shape index (κ2) is 8.97. The quantitative estimate of drug-likeness (QED) is 0.448. The van der Waals surface area contributed by atoms with Gasteiger partial charge in [0.25, 0.3) is 0 Å². The minimum atomic E-state index is -0.952. The molecule has 0 aromatic heterocycles. The number of ether oxygens (including phenoxy) is 3. The summed E-state index contributed by atoms with van der Waals surface area (Å²) < 4.78 is 31.0. The molecular formula is C24H21FN2O5. The fraction of sp³-hybridized carbons (Fsp3) is 0.167. The number of nitrogens with one attached hydrogen (secondary N) is 1. The molecule has 4 rings (SSSR count). The monoisotopic (exact) mass is 436 g/mol. The van der Waals surface area contributed by atoms with E-state index in [0.29, 0.717) is 16.9 Å². The average Bonchev–Trinajstić information content (AvgIpc) is 3.28. The van der Waals surface area contributed by atoms with Crippen LogP contribution in [-0.2, 0) is 19.9 Å². The number of aliphatic imine (C=N–C) groups is 1. The third-order valence-electron chi connectivity index (χ3n) is 5.31. The molecular weight excluding hydrogens is 415 g/mol. The van der Waals surface area contributed by atoms with Crippen molar-refractivity contribution in [3.63, 3.8) is 0 Å². The van der Waals surface area contributed by atoms with Gasteiger partial charge in [-0.3, -0.25) is 4.79 Å². The van der Waals surface area contributed by atoms with Gasteiger partial charge in [0.1, 0.15) is 12.4 Å². The standard InChI is InChI=1S/C24H21FN2O5/c1-29-19-11-9-17(10-12-19)24(14-31-23(26-24)27-32-15-28)18-6-3-5-16(13-18)20-7-4-8-21(30-2)22(20)25/h3-13,15H,14H2,1-2H3,(H,26,27)/t24-/m0/s1. The van der Waals surface area contributed by atoms with Gasteiger partial charge in [0.05, 0.1) is 14.2 Å². The molecule has 3 aromatic rings. The SMILES string of the molecule is COc1ccc([C@]2(c3cccc(-c4cccc(OC)c4F)c3)COC(NOC=O)=N2)cc1. The molecule has 0 aliphatic carbocycles. The van der Waals surface area contributed by atoms with E-state index in [0.717, 1.165) is 11.1 Å². The maximum absolute atomic E-state index is 14.9. The van der Waals surface area contributed by atoms with Crippen LogP contribution in [0.5, 0.6) is 11.5 Å². The third-order valence-corrected chi connectivity index (χ3v) is 5.31. The number of amidine groups is 1. The Morgan fingerprint density at radius 2 is 1.81 bits per heavy atom. The van der Waals surface area contributed by atoms with Crippen molar-refractivity contribution in [2.75, 3.05) is 20.8 Å². The van der Waals surface area contributed by atoms with E-state index in [1.807, 2.05) is 48.5 Å². The Bertz CT molecular complexity index is 1150. The Hall–Kier alpha value is -4.07. The summed E-state index contributed by atoms with van der Waals surface area (Å²) in [7, 11) is 3.02. The van der Waals surface area contributed by atoms with Crippen LogP contribution >= 0.6 is 0 Å². The van der Waals surface area contributed by atoms with Crippen molar-refractivity contribution in [2.24, 2.45) is 4.99 Å². The molecule has 0 unspecified atom stereocenters. The lowest BCUT2D eigenvalue weighted by atomic mass is 9.83. The summed E-state index contributed by atoms with van der Waals surface area (Å²) in [5.41, 5.74) is 4.08. The molecule has 8 heteroatoms. The fourth-order valence-electron chi connectivity index (χ4n) is 3.70. The zero-order valence-electron chi connectivity index (χ0n) is 17.5. The Balaban J connectivity index is 1.83. The van der Waals surface area contributed by atoms with Gasteiger partial charge in [-0.15, -0.1) is 0 Å². The van der Waals surface area contributed by atoms with Gasteiger partial charge in [0.2, 0.25) is 0 Å². The summed E-state index contributed by atoms with van der Waals surface area (Å²) in [6.45, 7) is 0.388. The smallest absolute Gasteiger partial charge is 0.320 e. The van der Waals surface area contributed by atoms with E-state index in [1.54, 1.807) is 25.3 Å². The lowest BCUT2D eigenvalue weighted by Crippen LogP contribution is -2.27. The number of hydrogen-bond acceptors (Lipinski definition) is 7. The maximum Gasteiger partial charge on any atom is 0.320 e. The molecule has 164 valence electrons. The van der Waals surface area contributed by atoms with Crippen LogP contribution in [0.1, 0.15) is 11.1 Å². The first-order valence-electron chi connectivity index (χ1n) is 9.77. The number of hydroxylamine groups is 1. The summed E-state index contributed by atoms with van der Waals surface area (Å²) >= 11 is 0. The zero-order chi connectivity index (χ0) is 22.6. The molecule has 0 spiro atoms. The molecule has 32 heavy (non-hydrogen) atoms. The molecule has 0 saturated carbocycles. The van der Waals surface area contributed by atoms with Crippen LogP contribution in [0.3, 0.4) is 0 Å². The van der Waals surface area contributed by atoms with Gasteiger partial charge in [0.15, 0.2) is 17.1 Å². The predicted octanol–water partition coefficient (Wildman–Crippen LogP) is 3.82. The molecule has 0 bridgehead atoms. The van der Waals surface area contributed by atoms with Gasteiger partial charge in [-0.25, -0.2) is 9.38 Å². The summed E-state index contributed by atoms with van der Waals surface area (Å²) in [6.07, 6.45) is 0. The molecule has 0 radical (unpaired) electrons. The molecule has 1 aliphatic rings. The van der Waals surface area contributed by atoms with Crippen LogP contribution in [0, 0.1) is 5.82 Å². The average molecular weight is 436 g/mol. The predicted molar refractivity (Wildman–Crippen MR) is 116 cm³/mol. The van der Waals surface area contributed by atoms with Gasteiger partial charge < -0.3 is 19.0 Å². The minimum absolute atomic E-state index is 0.0610. The molecule has 0 saturated heterocycles. The van der Waals surface area contributed by atoms with Crippen LogP contribution in [0.4, 0.5) is 4.39 Å². The van der Waals surface area contributed by atoms with E-state index >= 15 is 0 Å². The number of carbonyl (C=O) groups excluding carboxylic acids is 1. The van der Waals surface area contributed by atoms with Crippen LogP contribution in [0.15, 0.2) is 71.7 Å². The van der Waals surface area contributed by atoms with E-state index in [2.05, 4.69) is 15.3 Å². The van der Waals surface area contributed by atoms with Gasteiger partial charge in [-0.2, -0.15) is 5.48 Å². The minimum Gasteiger partial charge on any atom is -0.497 e. The van der Waals surface area contributed by atoms with Crippen LogP contribution < -0.4 is 15.0 Å². The van der Waals surface area contributed by atoms with Crippen molar-refractivity contribution >= 4 is 12.5 Å². The highest BCUT2D eigenvalue weighted by Crippen LogP contribution is 2.40. The molecule has 1 aliphatic heterocycles. The first-order valence-corrected chi connectivity index (χ1v) is 9.77. The van der Waals surface area contributed by atoms with Crippen LogP contribution in [0.2, 0.25) is 0 Å². The number of halogens is 1. The van der Waals surface area contributed by atoms with E-state index in [9.17, 15) is 9.18 Å².